The Morgan fingerprint density at radius 1 is 1.08 bits per heavy atom. The zero-order chi connectivity index (χ0) is 17.1. The molecule has 1 aromatic carbocycles. The summed E-state index contributed by atoms with van der Waals surface area (Å²) in [5.74, 6) is 1.18. The minimum absolute atomic E-state index is 0.156. The molecule has 0 unspecified atom stereocenters. The zero-order valence-corrected chi connectivity index (χ0v) is 14.0. The quantitative estimate of drug-likeness (QED) is 0.827. The first-order chi connectivity index (χ1) is 12.1. The van der Waals surface area contributed by atoms with E-state index in [4.69, 9.17) is 15.5 Å². The molecule has 1 saturated carbocycles. The second kappa shape index (κ2) is 4.97. The van der Waals surface area contributed by atoms with Gasteiger partial charge in [0.05, 0.1) is 16.6 Å². The van der Waals surface area contributed by atoms with E-state index in [-0.39, 0.29) is 17.2 Å². The van der Waals surface area contributed by atoms with Crippen LogP contribution in [0.5, 0.6) is 0 Å². The number of anilines is 2. The lowest BCUT2D eigenvalue weighted by Crippen LogP contribution is -2.64. The molecule has 2 spiro atoms. The molecule has 1 amide bonds. The summed E-state index contributed by atoms with van der Waals surface area (Å²) in [5, 5.41) is 3.09. The van der Waals surface area contributed by atoms with Crippen molar-refractivity contribution in [2.45, 2.75) is 43.2 Å². The predicted molar refractivity (Wildman–Crippen MR) is 94.3 cm³/mol. The van der Waals surface area contributed by atoms with Gasteiger partial charge in [0.15, 0.2) is 11.6 Å². The first-order valence-electron chi connectivity index (χ1n) is 8.89. The monoisotopic (exact) mass is 339 g/mol. The minimum atomic E-state index is -0.377. The van der Waals surface area contributed by atoms with Gasteiger partial charge in [-0.3, -0.25) is 0 Å². The number of carbonyl (C=O) groups is 1. The van der Waals surface area contributed by atoms with E-state index in [9.17, 15) is 4.79 Å². The molecule has 5 rings (SSSR count). The summed E-state index contributed by atoms with van der Waals surface area (Å²) in [7, 11) is 0. The van der Waals surface area contributed by atoms with Gasteiger partial charge in [0.2, 0.25) is 0 Å². The highest BCUT2D eigenvalue weighted by Crippen LogP contribution is 2.51. The average molecular weight is 339 g/mol. The Morgan fingerprint density at radius 2 is 1.76 bits per heavy atom. The van der Waals surface area contributed by atoms with Crippen molar-refractivity contribution in [3.05, 3.63) is 24.3 Å². The van der Waals surface area contributed by atoms with Crippen LogP contribution in [0.2, 0.25) is 0 Å². The van der Waals surface area contributed by atoms with Gasteiger partial charge in [-0.25, -0.2) is 14.8 Å². The first-order valence-corrected chi connectivity index (χ1v) is 8.89. The molecule has 7 heteroatoms. The number of hydrogen-bond acceptors (Lipinski definition) is 6. The largest absolute Gasteiger partial charge is 0.440 e. The van der Waals surface area contributed by atoms with Gasteiger partial charge in [-0.15, -0.1) is 0 Å². The van der Waals surface area contributed by atoms with Crippen LogP contribution in [0.4, 0.5) is 16.4 Å². The third kappa shape index (κ3) is 2.01. The van der Waals surface area contributed by atoms with Crippen molar-refractivity contribution >= 4 is 28.8 Å². The van der Waals surface area contributed by atoms with E-state index >= 15 is 0 Å². The average Bonchev–Trinajstić information content (AvgIpc) is 2.87. The fourth-order valence-electron chi connectivity index (χ4n) is 4.62. The molecule has 3 heterocycles. The topological polar surface area (TPSA) is 93.4 Å². The molecule has 0 radical (unpaired) electrons. The maximum Gasteiger partial charge on any atom is 0.408 e. The Hall–Kier alpha value is -2.57. The van der Waals surface area contributed by atoms with Crippen LogP contribution in [0.15, 0.2) is 24.3 Å². The number of carbonyl (C=O) groups excluding carboxylic acids is 1. The van der Waals surface area contributed by atoms with Crippen molar-refractivity contribution < 1.29 is 9.53 Å². The summed E-state index contributed by atoms with van der Waals surface area (Å²) >= 11 is 0. The number of alkyl carbamates (subject to hydrolysis) is 1. The standard InChI is InChI=1S/C18H21N5O2/c19-14-15(21-13-5-2-1-4-12(13)20-14)23-10-8-18(9-11-23)17(6-3-7-17)22-16(24)25-18/h1-2,4-5H,3,6-11H2,(H2,19,20)(H,22,24). The molecule has 7 nitrogen and oxygen atoms in total. The number of nitrogen functional groups attached to an aromatic ring is 1. The molecular weight excluding hydrogens is 318 g/mol. The Kier molecular flexibility index (Phi) is 2.93. The summed E-state index contributed by atoms with van der Waals surface area (Å²) in [6.07, 6.45) is 4.49. The molecule has 0 atom stereocenters. The maximum absolute atomic E-state index is 11.9. The van der Waals surface area contributed by atoms with Crippen LogP contribution in [-0.4, -0.2) is 40.3 Å². The molecule has 2 saturated heterocycles. The zero-order valence-electron chi connectivity index (χ0n) is 14.0. The molecule has 3 fully saturated rings. The van der Waals surface area contributed by atoms with Crippen molar-refractivity contribution in [1.29, 1.82) is 0 Å². The third-order valence-electron chi connectivity index (χ3n) is 6.16. The van der Waals surface area contributed by atoms with E-state index in [1.807, 2.05) is 24.3 Å². The van der Waals surface area contributed by atoms with Gasteiger partial charge in [0.25, 0.3) is 0 Å². The molecule has 25 heavy (non-hydrogen) atoms. The van der Waals surface area contributed by atoms with E-state index in [0.717, 1.165) is 62.0 Å². The van der Waals surface area contributed by atoms with Crippen molar-refractivity contribution in [2.24, 2.45) is 0 Å². The smallest absolute Gasteiger partial charge is 0.408 e. The normalized spacial score (nSPS) is 23.5. The number of nitrogens with one attached hydrogen (secondary N) is 1. The van der Waals surface area contributed by atoms with Crippen LogP contribution in [0, 0.1) is 0 Å². The number of benzene rings is 1. The Bertz CT molecular complexity index is 856. The number of hydrogen-bond donors (Lipinski definition) is 2. The lowest BCUT2D eigenvalue weighted by molar-refractivity contribution is -0.0509. The highest BCUT2D eigenvalue weighted by Gasteiger charge is 2.63. The molecule has 3 N–H and O–H groups in total. The number of ether oxygens (including phenoxy) is 1. The lowest BCUT2D eigenvalue weighted by atomic mass is 9.62. The van der Waals surface area contributed by atoms with E-state index in [1.165, 1.54) is 0 Å². The van der Waals surface area contributed by atoms with E-state index in [2.05, 4.69) is 15.2 Å². The number of fused-ring (bicyclic) bond motifs is 2. The summed E-state index contributed by atoms with van der Waals surface area (Å²) in [4.78, 5) is 23.3. The van der Waals surface area contributed by atoms with Crippen LogP contribution < -0.4 is 16.0 Å². The van der Waals surface area contributed by atoms with Gasteiger partial charge in [-0.05, 0) is 31.4 Å². The van der Waals surface area contributed by atoms with Crippen molar-refractivity contribution in [1.82, 2.24) is 15.3 Å². The molecule has 0 bridgehead atoms. The number of rotatable bonds is 1. The van der Waals surface area contributed by atoms with Crippen LogP contribution in [0.25, 0.3) is 11.0 Å². The van der Waals surface area contributed by atoms with Crippen LogP contribution in [0.1, 0.15) is 32.1 Å². The van der Waals surface area contributed by atoms with Gasteiger partial charge >= 0.3 is 6.09 Å². The fourth-order valence-corrected chi connectivity index (χ4v) is 4.62. The van der Waals surface area contributed by atoms with Gasteiger partial charge < -0.3 is 20.7 Å². The molecule has 2 aliphatic heterocycles. The fraction of sp³-hybridized carbons (Fsp3) is 0.500. The summed E-state index contributed by atoms with van der Waals surface area (Å²) < 4.78 is 5.79. The van der Waals surface area contributed by atoms with Crippen LogP contribution >= 0.6 is 0 Å². The van der Waals surface area contributed by atoms with E-state index in [1.54, 1.807) is 0 Å². The van der Waals surface area contributed by atoms with Crippen molar-refractivity contribution in [3.8, 4) is 0 Å². The number of piperidine rings is 1. The Labute approximate surface area is 145 Å². The molecule has 130 valence electrons. The highest BCUT2D eigenvalue weighted by atomic mass is 16.6. The molecule has 1 aromatic heterocycles. The van der Waals surface area contributed by atoms with Crippen LogP contribution in [-0.2, 0) is 4.74 Å². The van der Waals surface area contributed by atoms with E-state index < -0.39 is 0 Å². The summed E-state index contributed by atoms with van der Waals surface area (Å²) in [5.41, 5.74) is 7.28. The Balaban J connectivity index is 1.42. The minimum Gasteiger partial charge on any atom is -0.440 e. The SMILES string of the molecule is Nc1nc2ccccc2nc1N1CCC2(CC1)OC(=O)NC21CCC1. The number of aromatic nitrogens is 2. The first kappa shape index (κ1) is 14.7. The van der Waals surface area contributed by atoms with Gasteiger partial charge in [-0.1, -0.05) is 12.1 Å². The summed E-state index contributed by atoms with van der Waals surface area (Å²) in [6.45, 7) is 1.52. The van der Waals surface area contributed by atoms with Crippen molar-refractivity contribution in [2.75, 3.05) is 23.7 Å². The molecule has 2 aromatic rings. The Morgan fingerprint density at radius 3 is 2.40 bits per heavy atom. The highest BCUT2D eigenvalue weighted by molar-refractivity contribution is 5.80. The third-order valence-corrected chi connectivity index (χ3v) is 6.16. The van der Waals surface area contributed by atoms with E-state index in [0.29, 0.717) is 5.82 Å². The molecular formula is C18H21N5O2. The predicted octanol–water partition coefficient (Wildman–Crippen LogP) is 2.21. The lowest BCUT2D eigenvalue weighted by Gasteiger charge is -2.51. The maximum atomic E-state index is 11.9. The number of nitrogens with zero attached hydrogens (tertiary/aromatic N) is 3. The van der Waals surface area contributed by atoms with Crippen molar-refractivity contribution in [3.63, 3.8) is 0 Å². The number of para-hydroxylation sites is 2. The summed E-state index contributed by atoms with van der Waals surface area (Å²) in [6, 6.07) is 7.74. The second-order valence-corrected chi connectivity index (χ2v) is 7.35. The van der Waals surface area contributed by atoms with Gasteiger partial charge in [0, 0.05) is 25.9 Å². The number of nitrogens with two attached hydrogens (primary N) is 1. The second-order valence-electron chi connectivity index (χ2n) is 7.35. The molecule has 1 aliphatic carbocycles. The van der Waals surface area contributed by atoms with Crippen LogP contribution in [0.3, 0.4) is 0 Å². The number of amides is 1. The van der Waals surface area contributed by atoms with Gasteiger partial charge in [0.1, 0.15) is 5.60 Å². The molecule has 3 aliphatic rings. The van der Waals surface area contributed by atoms with Gasteiger partial charge in [-0.2, -0.15) is 0 Å².